The van der Waals surface area contributed by atoms with Crippen molar-refractivity contribution in [1.29, 1.82) is 0 Å². The molecule has 1 aliphatic heterocycles. The second kappa shape index (κ2) is 3.87. The number of hydrogen-bond acceptors (Lipinski definition) is 4. The molecule has 1 aromatic heterocycles. The molecule has 92 valence electrons. The number of pyridine rings is 1. The van der Waals surface area contributed by atoms with Crippen LogP contribution in [0.4, 0.5) is 5.82 Å². The molecule has 2 N–H and O–H groups in total. The minimum Gasteiger partial charge on any atom is -0.508 e. The van der Waals surface area contributed by atoms with E-state index in [1.54, 1.807) is 18.3 Å². The molecule has 5 heteroatoms. The molecule has 18 heavy (non-hydrogen) atoms. The summed E-state index contributed by atoms with van der Waals surface area (Å²) in [5.74, 6) is -0.165. The predicted octanol–water partition coefficient (Wildman–Crippen LogP) is 1.46. The molecule has 0 spiro atoms. The van der Waals surface area contributed by atoms with Crippen molar-refractivity contribution in [3.8, 4) is 5.75 Å². The van der Waals surface area contributed by atoms with Crippen LogP contribution < -0.4 is 4.90 Å². The predicted molar refractivity (Wildman–Crippen MR) is 66.7 cm³/mol. The minimum absolute atomic E-state index is 0.187. The lowest BCUT2D eigenvalue weighted by Crippen LogP contribution is -2.50. The summed E-state index contributed by atoms with van der Waals surface area (Å²) in [6.07, 6.45) is 1.70. The van der Waals surface area contributed by atoms with Crippen LogP contribution in [0.2, 0.25) is 0 Å². The maximum atomic E-state index is 10.8. The smallest absolute Gasteiger partial charge is 0.310 e. The lowest BCUT2D eigenvalue weighted by atomic mass is 9.99. The molecule has 0 atom stereocenters. The van der Waals surface area contributed by atoms with Gasteiger partial charge in [-0.25, -0.2) is 4.98 Å². The number of nitrogens with zero attached hydrogens (tertiary/aromatic N) is 2. The van der Waals surface area contributed by atoms with E-state index < -0.39 is 5.97 Å². The SMILES string of the molecule is O=C(O)C1CN(c2nccc3ccc(O)cc23)C1. The normalized spacial score (nSPS) is 15.7. The summed E-state index contributed by atoms with van der Waals surface area (Å²) in [5, 5.41) is 20.2. The lowest BCUT2D eigenvalue weighted by molar-refractivity contribution is -0.142. The highest BCUT2D eigenvalue weighted by Crippen LogP contribution is 2.31. The van der Waals surface area contributed by atoms with Gasteiger partial charge in [0.1, 0.15) is 11.6 Å². The third-order valence-corrected chi connectivity index (χ3v) is 3.26. The number of hydrogen-bond donors (Lipinski definition) is 2. The van der Waals surface area contributed by atoms with Crippen molar-refractivity contribution in [1.82, 2.24) is 4.98 Å². The van der Waals surface area contributed by atoms with Crippen molar-refractivity contribution in [2.45, 2.75) is 0 Å². The molecule has 2 heterocycles. The Balaban J connectivity index is 1.98. The Morgan fingerprint density at radius 1 is 1.33 bits per heavy atom. The van der Waals surface area contributed by atoms with Gasteiger partial charge in [0.15, 0.2) is 0 Å². The van der Waals surface area contributed by atoms with Crippen molar-refractivity contribution in [2.24, 2.45) is 5.92 Å². The van der Waals surface area contributed by atoms with E-state index in [4.69, 9.17) is 5.11 Å². The van der Waals surface area contributed by atoms with Gasteiger partial charge in [-0.3, -0.25) is 4.79 Å². The van der Waals surface area contributed by atoms with Crippen LogP contribution in [-0.4, -0.2) is 34.3 Å². The number of carboxylic acid groups (broad SMARTS) is 1. The number of phenolic OH excluding ortho intramolecular Hbond substituents is 1. The van der Waals surface area contributed by atoms with E-state index >= 15 is 0 Å². The van der Waals surface area contributed by atoms with Crippen LogP contribution in [-0.2, 0) is 4.79 Å². The number of fused-ring (bicyclic) bond motifs is 1. The first-order valence-electron chi connectivity index (χ1n) is 5.70. The first-order valence-corrected chi connectivity index (χ1v) is 5.70. The van der Waals surface area contributed by atoms with E-state index in [1.165, 1.54) is 0 Å². The summed E-state index contributed by atoms with van der Waals surface area (Å²) in [7, 11) is 0. The Hall–Kier alpha value is -2.30. The summed E-state index contributed by atoms with van der Waals surface area (Å²) in [4.78, 5) is 17.0. The van der Waals surface area contributed by atoms with Crippen LogP contribution in [0.1, 0.15) is 0 Å². The molecule has 0 radical (unpaired) electrons. The first kappa shape index (κ1) is 10.8. The number of rotatable bonds is 2. The van der Waals surface area contributed by atoms with Gasteiger partial charge < -0.3 is 15.1 Å². The van der Waals surface area contributed by atoms with Crippen molar-refractivity contribution < 1.29 is 15.0 Å². The van der Waals surface area contributed by atoms with Crippen molar-refractivity contribution in [2.75, 3.05) is 18.0 Å². The number of anilines is 1. The Morgan fingerprint density at radius 2 is 2.11 bits per heavy atom. The highest BCUT2D eigenvalue weighted by Gasteiger charge is 2.33. The maximum absolute atomic E-state index is 10.8. The van der Waals surface area contributed by atoms with Crippen LogP contribution in [0.15, 0.2) is 30.5 Å². The summed E-state index contributed by atoms with van der Waals surface area (Å²) >= 11 is 0. The van der Waals surface area contributed by atoms with E-state index in [2.05, 4.69) is 4.98 Å². The molecule has 1 saturated heterocycles. The van der Waals surface area contributed by atoms with Crippen molar-refractivity contribution >= 4 is 22.6 Å². The van der Waals surface area contributed by atoms with Gasteiger partial charge in [-0.1, -0.05) is 6.07 Å². The molecule has 2 aromatic rings. The molecule has 5 nitrogen and oxygen atoms in total. The van der Waals surface area contributed by atoms with Gasteiger partial charge in [0, 0.05) is 24.7 Å². The van der Waals surface area contributed by atoms with Crippen LogP contribution in [0.3, 0.4) is 0 Å². The Morgan fingerprint density at radius 3 is 2.83 bits per heavy atom. The number of benzene rings is 1. The average Bonchev–Trinajstić information content (AvgIpc) is 2.27. The van der Waals surface area contributed by atoms with Crippen molar-refractivity contribution in [3.63, 3.8) is 0 Å². The molecular weight excluding hydrogens is 232 g/mol. The second-order valence-corrected chi connectivity index (χ2v) is 4.48. The quantitative estimate of drug-likeness (QED) is 0.836. The highest BCUT2D eigenvalue weighted by atomic mass is 16.4. The fraction of sp³-hybridized carbons (Fsp3) is 0.231. The number of carbonyl (C=O) groups is 1. The van der Waals surface area contributed by atoms with Crippen LogP contribution >= 0.6 is 0 Å². The molecule has 0 unspecified atom stereocenters. The molecule has 3 rings (SSSR count). The summed E-state index contributed by atoms with van der Waals surface area (Å²) in [5.41, 5.74) is 0. The van der Waals surface area contributed by atoms with Crippen LogP contribution in [0.25, 0.3) is 10.8 Å². The fourth-order valence-corrected chi connectivity index (χ4v) is 2.20. The molecule has 1 fully saturated rings. The zero-order chi connectivity index (χ0) is 12.7. The van der Waals surface area contributed by atoms with Gasteiger partial charge in [-0.2, -0.15) is 0 Å². The molecule has 0 saturated carbocycles. The van der Waals surface area contributed by atoms with E-state index in [0.717, 1.165) is 16.6 Å². The van der Waals surface area contributed by atoms with Crippen LogP contribution in [0.5, 0.6) is 5.75 Å². The monoisotopic (exact) mass is 244 g/mol. The van der Waals surface area contributed by atoms with Gasteiger partial charge in [-0.15, -0.1) is 0 Å². The largest absolute Gasteiger partial charge is 0.508 e. The molecular formula is C13H12N2O3. The van der Waals surface area contributed by atoms with Gasteiger partial charge in [0.05, 0.1) is 5.92 Å². The fourth-order valence-electron chi connectivity index (χ4n) is 2.20. The Bertz CT molecular complexity index is 621. The molecule has 0 bridgehead atoms. The third kappa shape index (κ3) is 1.64. The second-order valence-electron chi connectivity index (χ2n) is 4.48. The minimum atomic E-state index is -0.769. The number of phenols is 1. The molecule has 0 amide bonds. The van der Waals surface area contributed by atoms with E-state index in [0.29, 0.717) is 13.1 Å². The zero-order valence-electron chi connectivity index (χ0n) is 9.58. The van der Waals surface area contributed by atoms with Gasteiger partial charge >= 0.3 is 5.97 Å². The summed E-state index contributed by atoms with van der Waals surface area (Å²) < 4.78 is 0. The van der Waals surface area contributed by atoms with Gasteiger partial charge in [-0.05, 0) is 23.6 Å². The summed E-state index contributed by atoms with van der Waals surface area (Å²) in [6.45, 7) is 0.939. The standard InChI is InChI=1S/C13H12N2O3/c16-10-2-1-8-3-4-14-12(11(8)5-10)15-6-9(7-15)13(17)18/h1-5,9,16H,6-7H2,(H,17,18). The Labute approximate surface area is 103 Å². The van der Waals surface area contributed by atoms with Gasteiger partial charge in [0.2, 0.25) is 0 Å². The molecule has 0 aliphatic carbocycles. The summed E-state index contributed by atoms with van der Waals surface area (Å²) in [6, 6.07) is 6.98. The third-order valence-electron chi connectivity index (χ3n) is 3.26. The molecule has 1 aromatic carbocycles. The lowest BCUT2D eigenvalue weighted by Gasteiger charge is -2.38. The average molecular weight is 244 g/mol. The number of aromatic hydroxyl groups is 1. The molecule has 1 aliphatic rings. The number of aliphatic carboxylic acids is 1. The first-order chi connectivity index (χ1) is 8.65. The van der Waals surface area contributed by atoms with Crippen molar-refractivity contribution in [3.05, 3.63) is 30.5 Å². The zero-order valence-corrected chi connectivity index (χ0v) is 9.58. The van der Waals surface area contributed by atoms with Crippen LogP contribution in [0, 0.1) is 5.92 Å². The number of aromatic nitrogens is 1. The van der Waals surface area contributed by atoms with Gasteiger partial charge in [0.25, 0.3) is 0 Å². The highest BCUT2D eigenvalue weighted by molar-refractivity contribution is 5.94. The topological polar surface area (TPSA) is 73.7 Å². The maximum Gasteiger partial charge on any atom is 0.310 e. The Kier molecular flexibility index (Phi) is 2.33. The number of carboxylic acids is 1. The van der Waals surface area contributed by atoms with E-state index in [9.17, 15) is 9.90 Å². The van der Waals surface area contributed by atoms with E-state index in [-0.39, 0.29) is 11.7 Å². The van der Waals surface area contributed by atoms with E-state index in [1.807, 2.05) is 17.0 Å².